The van der Waals surface area contributed by atoms with Gasteiger partial charge in [0.25, 0.3) is 5.91 Å². The molecule has 0 saturated carbocycles. The molecule has 0 aliphatic carbocycles. The molecule has 3 aromatic rings. The van der Waals surface area contributed by atoms with Crippen LogP contribution in [0, 0.1) is 6.92 Å². The molecule has 1 aliphatic heterocycles. The van der Waals surface area contributed by atoms with Crippen LogP contribution in [0.25, 0.3) is 6.08 Å². The molecular weight excluding hydrogens is 612 g/mol. The molecule has 0 radical (unpaired) electrons. The molecule has 2 aromatic carbocycles. The fourth-order valence-corrected chi connectivity index (χ4v) is 4.60. The highest BCUT2D eigenvalue weighted by molar-refractivity contribution is 9.13. The van der Waals surface area contributed by atoms with Gasteiger partial charge in [-0.05, 0) is 74.2 Å². The highest BCUT2D eigenvalue weighted by atomic mass is 79.9. The van der Waals surface area contributed by atoms with Gasteiger partial charge in [0, 0.05) is 4.47 Å². The van der Waals surface area contributed by atoms with E-state index in [2.05, 4.69) is 41.9 Å². The number of rotatable bonds is 8. The number of benzene rings is 2. The number of imide groups is 1. The molecule has 4 rings (SSSR count). The van der Waals surface area contributed by atoms with Gasteiger partial charge in [-0.1, -0.05) is 29.8 Å². The Hall–Kier alpha value is -3.57. The van der Waals surface area contributed by atoms with E-state index < -0.39 is 17.9 Å². The van der Waals surface area contributed by atoms with Crippen molar-refractivity contribution in [3.05, 3.63) is 85.3 Å². The summed E-state index contributed by atoms with van der Waals surface area (Å²) in [6, 6.07) is 12.0. The SMILES string of the molecule is COC(=O)c1ccc(CN2C(=O)N/C(=C\c3cc(OC)c(OCc4cccc(C)c4)c(Br)c3Br)C2=O)o1. The number of halogens is 2. The normalized spacial score (nSPS) is 14.2. The van der Waals surface area contributed by atoms with Crippen molar-refractivity contribution in [1.29, 1.82) is 0 Å². The summed E-state index contributed by atoms with van der Waals surface area (Å²) in [7, 11) is 2.75. The molecule has 0 spiro atoms. The Bertz CT molecular complexity index is 1410. The fourth-order valence-electron chi connectivity index (χ4n) is 3.65. The van der Waals surface area contributed by atoms with Crippen LogP contribution in [-0.2, 0) is 22.7 Å². The molecule has 2 heterocycles. The first-order valence-electron chi connectivity index (χ1n) is 11.0. The number of esters is 1. The second kappa shape index (κ2) is 11.2. The lowest BCUT2D eigenvalue weighted by Crippen LogP contribution is -2.30. The third-order valence-corrected chi connectivity index (χ3v) is 7.61. The van der Waals surface area contributed by atoms with E-state index in [0.29, 0.717) is 32.6 Å². The molecule has 1 fully saturated rings. The first kappa shape index (κ1) is 26.5. The summed E-state index contributed by atoms with van der Waals surface area (Å²) in [6.07, 6.45) is 1.53. The standard InChI is InChI=1S/C26H22Br2N2O7/c1-14-5-4-6-15(9-14)13-36-23-20(34-2)11-16(21(27)22(23)28)10-18-24(31)30(26(33)29-18)12-17-7-8-19(37-17)25(32)35-3/h4-11H,12-13H2,1-3H3,(H,29,33)/b18-10-. The Morgan fingerprint density at radius 2 is 1.89 bits per heavy atom. The summed E-state index contributed by atoms with van der Waals surface area (Å²) < 4.78 is 22.8. The Morgan fingerprint density at radius 3 is 2.59 bits per heavy atom. The number of hydrogen-bond acceptors (Lipinski definition) is 7. The maximum absolute atomic E-state index is 13.0. The Balaban J connectivity index is 1.56. The molecule has 0 atom stereocenters. The molecular formula is C26H22Br2N2O7. The van der Waals surface area contributed by atoms with Crippen LogP contribution in [0.15, 0.2) is 61.5 Å². The van der Waals surface area contributed by atoms with Gasteiger partial charge >= 0.3 is 12.0 Å². The highest BCUT2D eigenvalue weighted by Gasteiger charge is 2.34. The number of methoxy groups -OCH3 is 2. The van der Waals surface area contributed by atoms with Crippen LogP contribution in [-0.4, -0.2) is 37.0 Å². The first-order chi connectivity index (χ1) is 17.7. The molecule has 0 unspecified atom stereocenters. The minimum absolute atomic E-state index is 0.0223. The average Bonchev–Trinajstić information content (AvgIpc) is 3.46. The van der Waals surface area contributed by atoms with Gasteiger partial charge in [-0.25, -0.2) is 9.59 Å². The third kappa shape index (κ3) is 5.72. The van der Waals surface area contributed by atoms with E-state index in [9.17, 15) is 14.4 Å². The lowest BCUT2D eigenvalue weighted by Gasteiger charge is -2.16. The quantitative estimate of drug-likeness (QED) is 0.196. The Labute approximate surface area is 229 Å². The zero-order valence-corrected chi connectivity index (χ0v) is 23.3. The molecule has 1 aromatic heterocycles. The van der Waals surface area contributed by atoms with Crippen LogP contribution in [0.5, 0.6) is 11.5 Å². The number of ether oxygens (including phenoxy) is 3. The average molecular weight is 634 g/mol. The van der Waals surface area contributed by atoms with Gasteiger partial charge < -0.3 is 23.9 Å². The number of carbonyl (C=O) groups is 3. The Morgan fingerprint density at radius 1 is 1.11 bits per heavy atom. The summed E-state index contributed by atoms with van der Waals surface area (Å²) in [5.74, 6) is -0.0472. The van der Waals surface area contributed by atoms with Crippen molar-refractivity contribution in [2.75, 3.05) is 14.2 Å². The molecule has 11 heteroatoms. The summed E-state index contributed by atoms with van der Waals surface area (Å²) in [4.78, 5) is 38.1. The van der Waals surface area contributed by atoms with E-state index in [4.69, 9.17) is 13.9 Å². The van der Waals surface area contributed by atoms with Crippen molar-refractivity contribution >= 4 is 55.8 Å². The molecule has 1 N–H and O–H groups in total. The van der Waals surface area contributed by atoms with E-state index in [1.54, 1.807) is 6.07 Å². The molecule has 1 aliphatic rings. The topological polar surface area (TPSA) is 107 Å². The molecule has 1 saturated heterocycles. The predicted molar refractivity (Wildman–Crippen MR) is 141 cm³/mol. The zero-order chi connectivity index (χ0) is 26.7. The lowest BCUT2D eigenvalue weighted by molar-refractivity contribution is -0.123. The minimum Gasteiger partial charge on any atom is -0.493 e. The highest BCUT2D eigenvalue weighted by Crippen LogP contribution is 2.44. The van der Waals surface area contributed by atoms with Crippen LogP contribution < -0.4 is 14.8 Å². The van der Waals surface area contributed by atoms with Gasteiger partial charge in [0.05, 0.1) is 25.2 Å². The molecule has 192 valence electrons. The summed E-state index contributed by atoms with van der Waals surface area (Å²) >= 11 is 7.09. The van der Waals surface area contributed by atoms with E-state index in [1.165, 1.54) is 32.4 Å². The van der Waals surface area contributed by atoms with Crippen LogP contribution in [0.2, 0.25) is 0 Å². The van der Waals surface area contributed by atoms with Crippen LogP contribution in [0.1, 0.15) is 33.0 Å². The van der Waals surface area contributed by atoms with Crippen molar-refractivity contribution in [1.82, 2.24) is 10.2 Å². The number of amides is 3. The molecule has 9 nitrogen and oxygen atoms in total. The van der Waals surface area contributed by atoms with Crippen LogP contribution in [0.4, 0.5) is 4.79 Å². The van der Waals surface area contributed by atoms with Crippen molar-refractivity contribution in [2.45, 2.75) is 20.1 Å². The van der Waals surface area contributed by atoms with Gasteiger partial charge in [-0.3, -0.25) is 9.69 Å². The van der Waals surface area contributed by atoms with Gasteiger partial charge in [0.15, 0.2) is 11.5 Å². The summed E-state index contributed by atoms with van der Waals surface area (Å²) in [5.41, 5.74) is 2.77. The summed E-state index contributed by atoms with van der Waals surface area (Å²) in [6.45, 7) is 2.19. The van der Waals surface area contributed by atoms with Crippen molar-refractivity contribution in [3.8, 4) is 11.5 Å². The third-order valence-electron chi connectivity index (χ3n) is 5.47. The second-order valence-electron chi connectivity index (χ2n) is 8.04. The number of aryl methyl sites for hydroxylation is 1. The molecule has 0 bridgehead atoms. The number of nitrogens with one attached hydrogen (secondary N) is 1. The van der Waals surface area contributed by atoms with Gasteiger partial charge in [0.1, 0.15) is 18.1 Å². The summed E-state index contributed by atoms with van der Waals surface area (Å²) in [5, 5.41) is 2.57. The zero-order valence-electron chi connectivity index (χ0n) is 20.1. The van der Waals surface area contributed by atoms with E-state index >= 15 is 0 Å². The van der Waals surface area contributed by atoms with Crippen molar-refractivity contribution < 1.29 is 33.0 Å². The number of carbonyl (C=O) groups excluding carboxylic acids is 3. The van der Waals surface area contributed by atoms with Gasteiger partial charge in [-0.15, -0.1) is 0 Å². The number of urea groups is 1. The van der Waals surface area contributed by atoms with E-state index in [1.807, 2.05) is 31.2 Å². The van der Waals surface area contributed by atoms with E-state index in [0.717, 1.165) is 16.0 Å². The number of hydrogen-bond donors (Lipinski definition) is 1. The maximum Gasteiger partial charge on any atom is 0.373 e. The molecule has 3 amide bonds. The fraction of sp³-hybridized carbons (Fsp3) is 0.192. The van der Waals surface area contributed by atoms with Crippen molar-refractivity contribution in [3.63, 3.8) is 0 Å². The number of furan rings is 1. The largest absolute Gasteiger partial charge is 0.493 e. The lowest BCUT2D eigenvalue weighted by atomic mass is 10.1. The minimum atomic E-state index is -0.653. The van der Waals surface area contributed by atoms with Crippen LogP contribution >= 0.6 is 31.9 Å². The monoisotopic (exact) mass is 632 g/mol. The Kier molecular flexibility index (Phi) is 8.03. The van der Waals surface area contributed by atoms with Crippen LogP contribution in [0.3, 0.4) is 0 Å². The first-order valence-corrected chi connectivity index (χ1v) is 12.6. The maximum atomic E-state index is 13.0. The number of nitrogens with zero attached hydrogens (tertiary/aromatic N) is 1. The van der Waals surface area contributed by atoms with Crippen molar-refractivity contribution in [2.24, 2.45) is 0 Å². The van der Waals surface area contributed by atoms with E-state index in [-0.39, 0.29) is 23.8 Å². The smallest absolute Gasteiger partial charge is 0.373 e. The second-order valence-corrected chi connectivity index (χ2v) is 9.63. The van der Waals surface area contributed by atoms with Gasteiger partial charge in [-0.2, -0.15) is 0 Å². The predicted octanol–water partition coefficient (Wildman–Crippen LogP) is 5.58. The molecule has 37 heavy (non-hydrogen) atoms. The van der Waals surface area contributed by atoms with Gasteiger partial charge in [0.2, 0.25) is 5.76 Å².